The van der Waals surface area contributed by atoms with Crippen molar-refractivity contribution in [3.05, 3.63) is 41.5 Å². The molecule has 0 saturated carbocycles. The number of hydrogen-bond donors (Lipinski definition) is 2. The first kappa shape index (κ1) is 10.5. The summed E-state index contributed by atoms with van der Waals surface area (Å²) in [4.78, 5) is 11.5. The average Bonchev–Trinajstić information content (AvgIpc) is 2.28. The fraction of sp³-hybridized carbons (Fsp3) is 0.154. The van der Waals surface area contributed by atoms with Gasteiger partial charge in [-0.25, -0.2) is 0 Å². The Hall–Kier alpha value is -2.03. The van der Waals surface area contributed by atoms with Gasteiger partial charge in [-0.15, -0.1) is 0 Å². The summed E-state index contributed by atoms with van der Waals surface area (Å²) in [6.45, 7) is 1.96. The summed E-state index contributed by atoms with van der Waals surface area (Å²) < 4.78 is 0. The van der Waals surface area contributed by atoms with Gasteiger partial charge in [0.25, 0.3) is 5.91 Å². The van der Waals surface area contributed by atoms with Crippen molar-refractivity contribution in [2.24, 2.45) is 0 Å². The number of phenolic OH excluding ortho intramolecular Hbond substituents is 1. The molecule has 2 aromatic carbocycles. The second-order valence-corrected chi connectivity index (χ2v) is 3.80. The predicted molar refractivity (Wildman–Crippen MR) is 63.7 cm³/mol. The summed E-state index contributed by atoms with van der Waals surface area (Å²) in [6.07, 6.45) is 0. The fourth-order valence-electron chi connectivity index (χ4n) is 1.73. The minimum atomic E-state index is -0.197. The van der Waals surface area contributed by atoms with Crippen molar-refractivity contribution in [2.45, 2.75) is 6.92 Å². The van der Waals surface area contributed by atoms with E-state index in [1.807, 2.05) is 25.1 Å². The Kier molecular flexibility index (Phi) is 2.52. The highest BCUT2D eigenvalue weighted by molar-refractivity contribution is 6.00. The number of aryl methyl sites for hydroxylation is 1. The van der Waals surface area contributed by atoms with Gasteiger partial charge in [0.15, 0.2) is 0 Å². The summed E-state index contributed by atoms with van der Waals surface area (Å²) >= 11 is 0. The number of amides is 1. The van der Waals surface area contributed by atoms with Gasteiger partial charge in [-0.2, -0.15) is 0 Å². The lowest BCUT2D eigenvalue weighted by molar-refractivity contribution is 0.0963. The van der Waals surface area contributed by atoms with Crippen LogP contribution in [0, 0.1) is 6.92 Å². The number of hydrogen-bond acceptors (Lipinski definition) is 2. The van der Waals surface area contributed by atoms with Crippen LogP contribution in [-0.2, 0) is 0 Å². The molecule has 0 atom stereocenters. The van der Waals surface area contributed by atoms with Crippen LogP contribution >= 0.6 is 0 Å². The van der Waals surface area contributed by atoms with Crippen LogP contribution in [0.4, 0.5) is 0 Å². The summed E-state index contributed by atoms with van der Waals surface area (Å²) in [5, 5.41) is 14.0. The lowest BCUT2D eigenvalue weighted by atomic mass is 10.0. The smallest absolute Gasteiger partial charge is 0.251 e. The van der Waals surface area contributed by atoms with Crippen molar-refractivity contribution in [2.75, 3.05) is 7.05 Å². The summed E-state index contributed by atoms with van der Waals surface area (Å²) in [7, 11) is 1.57. The van der Waals surface area contributed by atoms with Crippen LogP contribution in [0.1, 0.15) is 15.9 Å². The molecule has 2 rings (SSSR count). The number of phenols is 1. The van der Waals surface area contributed by atoms with Crippen LogP contribution < -0.4 is 5.32 Å². The predicted octanol–water partition coefficient (Wildman–Crippen LogP) is 2.21. The number of nitrogens with one attached hydrogen (secondary N) is 1. The van der Waals surface area contributed by atoms with Crippen LogP contribution in [0.5, 0.6) is 5.75 Å². The molecule has 0 saturated heterocycles. The monoisotopic (exact) mass is 215 g/mol. The number of rotatable bonds is 1. The molecule has 0 aliphatic heterocycles. The van der Waals surface area contributed by atoms with Gasteiger partial charge in [0.2, 0.25) is 0 Å². The van der Waals surface area contributed by atoms with E-state index in [0.717, 1.165) is 16.3 Å². The van der Waals surface area contributed by atoms with E-state index in [1.54, 1.807) is 13.1 Å². The molecular formula is C13H13NO2. The Labute approximate surface area is 93.7 Å². The molecule has 0 aliphatic carbocycles. The highest BCUT2D eigenvalue weighted by atomic mass is 16.3. The van der Waals surface area contributed by atoms with Crippen molar-refractivity contribution < 1.29 is 9.90 Å². The summed E-state index contributed by atoms with van der Waals surface area (Å²) in [6, 6.07) is 9.01. The number of fused-ring (bicyclic) bond motifs is 1. The second kappa shape index (κ2) is 3.85. The van der Waals surface area contributed by atoms with Crippen molar-refractivity contribution in [1.29, 1.82) is 0 Å². The third kappa shape index (κ3) is 1.72. The first-order valence-corrected chi connectivity index (χ1v) is 5.07. The van der Waals surface area contributed by atoms with Crippen LogP contribution in [0.25, 0.3) is 10.8 Å². The maximum Gasteiger partial charge on any atom is 0.251 e. The van der Waals surface area contributed by atoms with Crippen molar-refractivity contribution in [3.8, 4) is 5.75 Å². The van der Waals surface area contributed by atoms with Crippen LogP contribution in [0.15, 0.2) is 30.3 Å². The molecule has 0 aliphatic rings. The maximum absolute atomic E-state index is 11.5. The zero-order valence-electron chi connectivity index (χ0n) is 9.24. The molecule has 0 heterocycles. The van der Waals surface area contributed by atoms with E-state index in [2.05, 4.69) is 5.32 Å². The SMILES string of the molecule is CNC(=O)c1cc(O)c2cc(C)ccc2c1. The highest BCUT2D eigenvalue weighted by Crippen LogP contribution is 2.27. The number of carbonyl (C=O) groups excluding carboxylic acids is 1. The van der Waals surface area contributed by atoms with Gasteiger partial charge in [0.1, 0.15) is 5.75 Å². The van der Waals surface area contributed by atoms with E-state index < -0.39 is 0 Å². The van der Waals surface area contributed by atoms with Crippen LogP contribution in [0.2, 0.25) is 0 Å². The lowest BCUT2D eigenvalue weighted by Gasteiger charge is -2.06. The van der Waals surface area contributed by atoms with E-state index in [9.17, 15) is 9.90 Å². The van der Waals surface area contributed by atoms with Gasteiger partial charge in [0, 0.05) is 18.0 Å². The Bertz CT molecular complexity index is 561. The van der Waals surface area contributed by atoms with Gasteiger partial charge in [-0.05, 0) is 30.5 Å². The minimum Gasteiger partial charge on any atom is -0.507 e. The summed E-state index contributed by atoms with van der Waals surface area (Å²) in [5.74, 6) is -0.0578. The fourth-order valence-corrected chi connectivity index (χ4v) is 1.73. The largest absolute Gasteiger partial charge is 0.507 e. The lowest BCUT2D eigenvalue weighted by Crippen LogP contribution is -2.17. The van der Waals surface area contributed by atoms with E-state index in [-0.39, 0.29) is 11.7 Å². The van der Waals surface area contributed by atoms with E-state index >= 15 is 0 Å². The zero-order chi connectivity index (χ0) is 11.7. The second-order valence-electron chi connectivity index (χ2n) is 3.80. The Morgan fingerprint density at radius 3 is 2.69 bits per heavy atom. The molecule has 3 heteroatoms. The molecule has 16 heavy (non-hydrogen) atoms. The average molecular weight is 215 g/mol. The van der Waals surface area contributed by atoms with Gasteiger partial charge >= 0.3 is 0 Å². The molecule has 0 radical (unpaired) electrons. The first-order chi connectivity index (χ1) is 7.61. The molecule has 0 unspecified atom stereocenters. The normalized spacial score (nSPS) is 10.4. The quantitative estimate of drug-likeness (QED) is 0.766. The summed E-state index contributed by atoms with van der Waals surface area (Å²) in [5.41, 5.74) is 1.55. The number of aromatic hydroxyl groups is 1. The van der Waals surface area contributed by atoms with Crippen molar-refractivity contribution >= 4 is 16.7 Å². The van der Waals surface area contributed by atoms with Crippen LogP contribution in [0.3, 0.4) is 0 Å². The van der Waals surface area contributed by atoms with Gasteiger partial charge in [-0.3, -0.25) is 4.79 Å². The molecule has 2 aromatic rings. The Morgan fingerprint density at radius 2 is 2.00 bits per heavy atom. The third-order valence-corrected chi connectivity index (χ3v) is 2.58. The minimum absolute atomic E-state index is 0.139. The Morgan fingerprint density at radius 1 is 1.25 bits per heavy atom. The molecule has 1 amide bonds. The van der Waals surface area contributed by atoms with E-state index in [0.29, 0.717) is 5.56 Å². The molecule has 0 aromatic heterocycles. The number of carbonyl (C=O) groups is 1. The molecule has 82 valence electrons. The van der Waals surface area contributed by atoms with Crippen molar-refractivity contribution in [3.63, 3.8) is 0 Å². The zero-order valence-corrected chi connectivity index (χ0v) is 9.24. The topological polar surface area (TPSA) is 49.3 Å². The maximum atomic E-state index is 11.5. The Balaban J connectivity index is 2.68. The molecule has 2 N–H and O–H groups in total. The molecular weight excluding hydrogens is 202 g/mol. The van der Waals surface area contributed by atoms with Gasteiger partial charge in [0.05, 0.1) is 0 Å². The van der Waals surface area contributed by atoms with E-state index in [1.165, 1.54) is 6.07 Å². The van der Waals surface area contributed by atoms with E-state index in [4.69, 9.17) is 0 Å². The van der Waals surface area contributed by atoms with Crippen LogP contribution in [-0.4, -0.2) is 18.1 Å². The standard InChI is InChI=1S/C13H13NO2/c1-8-3-4-9-6-10(13(16)14-2)7-12(15)11(9)5-8/h3-7,15H,1-2H3,(H,14,16). The molecule has 0 bridgehead atoms. The van der Waals surface area contributed by atoms with Gasteiger partial charge < -0.3 is 10.4 Å². The molecule has 0 spiro atoms. The highest BCUT2D eigenvalue weighted by Gasteiger charge is 2.08. The molecule has 0 fully saturated rings. The van der Waals surface area contributed by atoms with Gasteiger partial charge in [-0.1, -0.05) is 17.7 Å². The van der Waals surface area contributed by atoms with Crippen molar-refractivity contribution in [1.82, 2.24) is 5.32 Å². The first-order valence-electron chi connectivity index (χ1n) is 5.07. The molecule has 3 nitrogen and oxygen atoms in total. The number of benzene rings is 2. The third-order valence-electron chi connectivity index (χ3n) is 2.58.